The third kappa shape index (κ3) is 3.22. The molecule has 0 spiro atoms. The Bertz CT molecular complexity index is 574. The van der Waals surface area contributed by atoms with Gasteiger partial charge in [-0.2, -0.15) is 4.98 Å². The van der Waals surface area contributed by atoms with Crippen LogP contribution in [0, 0.1) is 13.8 Å². The van der Waals surface area contributed by atoms with Gasteiger partial charge in [-0.15, -0.1) is 0 Å². The quantitative estimate of drug-likeness (QED) is 0.912. The van der Waals surface area contributed by atoms with Gasteiger partial charge in [-0.1, -0.05) is 26.0 Å². The zero-order valence-electron chi connectivity index (χ0n) is 11.8. The molecule has 2 aromatic rings. The van der Waals surface area contributed by atoms with Crippen LogP contribution < -0.4 is 10.5 Å². The molecule has 0 atom stereocenters. The maximum atomic E-state index is 5.83. The van der Waals surface area contributed by atoms with Crippen LogP contribution in [0.1, 0.15) is 36.7 Å². The Hall–Kier alpha value is -2.10. The van der Waals surface area contributed by atoms with Gasteiger partial charge in [-0.05, 0) is 37.0 Å². The van der Waals surface area contributed by atoms with Crippen LogP contribution in [-0.2, 0) is 0 Å². The molecule has 0 unspecified atom stereocenters. The van der Waals surface area contributed by atoms with Gasteiger partial charge in [0.1, 0.15) is 17.4 Å². The summed E-state index contributed by atoms with van der Waals surface area (Å²) in [4.78, 5) is 8.26. The highest BCUT2D eigenvalue weighted by molar-refractivity contribution is 5.41. The summed E-state index contributed by atoms with van der Waals surface area (Å²) in [5, 5.41) is 0. The summed E-state index contributed by atoms with van der Waals surface area (Å²) in [6, 6.07) is 7.86. The van der Waals surface area contributed by atoms with E-state index in [2.05, 4.69) is 35.9 Å². The van der Waals surface area contributed by atoms with E-state index < -0.39 is 0 Å². The lowest BCUT2D eigenvalue weighted by Crippen LogP contribution is -1.99. The molecule has 2 N–H and O–H groups in total. The largest absolute Gasteiger partial charge is 0.439 e. The summed E-state index contributed by atoms with van der Waals surface area (Å²) in [7, 11) is 0. The van der Waals surface area contributed by atoms with Gasteiger partial charge in [0.05, 0.1) is 0 Å². The Balaban J connectivity index is 2.34. The number of ether oxygens (including phenoxy) is 1. The van der Waals surface area contributed by atoms with E-state index in [1.165, 1.54) is 5.56 Å². The standard InChI is InChI=1S/C15H19N3O/c1-9(2)12-6-5-10(3)13(7-12)19-15-8-14(16)17-11(4)18-15/h5-9H,1-4H3,(H2,16,17,18). The zero-order chi connectivity index (χ0) is 14.0. The topological polar surface area (TPSA) is 61.0 Å². The van der Waals surface area contributed by atoms with Crippen LogP contribution in [0.25, 0.3) is 0 Å². The van der Waals surface area contributed by atoms with Gasteiger partial charge in [0.2, 0.25) is 5.88 Å². The first-order valence-electron chi connectivity index (χ1n) is 6.35. The molecule has 0 radical (unpaired) electrons. The van der Waals surface area contributed by atoms with Crippen molar-refractivity contribution in [2.75, 3.05) is 5.73 Å². The molecule has 1 heterocycles. The molecule has 0 saturated carbocycles. The molecule has 0 fully saturated rings. The zero-order valence-corrected chi connectivity index (χ0v) is 11.8. The monoisotopic (exact) mass is 257 g/mol. The number of benzene rings is 1. The molecule has 0 bridgehead atoms. The molecular formula is C15H19N3O. The van der Waals surface area contributed by atoms with E-state index in [0.717, 1.165) is 11.3 Å². The summed E-state index contributed by atoms with van der Waals surface area (Å²) >= 11 is 0. The van der Waals surface area contributed by atoms with Gasteiger partial charge in [0, 0.05) is 6.07 Å². The maximum Gasteiger partial charge on any atom is 0.224 e. The fourth-order valence-electron chi connectivity index (χ4n) is 1.81. The van der Waals surface area contributed by atoms with Gasteiger partial charge in [0.25, 0.3) is 0 Å². The minimum atomic E-state index is 0.417. The molecule has 4 nitrogen and oxygen atoms in total. The number of anilines is 1. The molecule has 0 aliphatic carbocycles. The Labute approximate surface area is 113 Å². The smallest absolute Gasteiger partial charge is 0.224 e. The Morgan fingerprint density at radius 3 is 2.47 bits per heavy atom. The summed E-state index contributed by atoms with van der Waals surface area (Å²) in [5.41, 5.74) is 8.00. The summed E-state index contributed by atoms with van der Waals surface area (Å²) in [6.07, 6.45) is 0. The second kappa shape index (κ2) is 5.26. The number of aromatic nitrogens is 2. The van der Waals surface area contributed by atoms with Crippen molar-refractivity contribution in [1.82, 2.24) is 9.97 Å². The number of rotatable bonds is 3. The van der Waals surface area contributed by atoms with E-state index >= 15 is 0 Å². The van der Waals surface area contributed by atoms with Crippen molar-refractivity contribution in [3.05, 3.63) is 41.2 Å². The van der Waals surface area contributed by atoms with Gasteiger partial charge < -0.3 is 10.5 Å². The van der Waals surface area contributed by atoms with Crippen LogP contribution in [0.2, 0.25) is 0 Å². The van der Waals surface area contributed by atoms with Crippen LogP contribution in [0.5, 0.6) is 11.6 Å². The number of hydrogen-bond donors (Lipinski definition) is 1. The Morgan fingerprint density at radius 2 is 1.84 bits per heavy atom. The Morgan fingerprint density at radius 1 is 1.11 bits per heavy atom. The van der Waals surface area contributed by atoms with E-state index in [9.17, 15) is 0 Å². The molecule has 0 aliphatic rings. The van der Waals surface area contributed by atoms with Gasteiger partial charge in [-0.25, -0.2) is 4.98 Å². The maximum absolute atomic E-state index is 5.83. The molecule has 0 amide bonds. The van der Waals surface area contributed by atoms with Crippen LogP contribution in [0.4, 0.5) is 5.82 Å². The predicted octanol–water partition coefficient (Wildman–Crippen LogP) is 3.59. The average molecular weight is 257 g/mol. The predicted molar refractivity (Wildman–Crippen MR) is 76.5 cm³/mol. The minimum absolute atomic E-state index is 0.417. The highest BCUT2D eigenvalue weighted by atomic mass is 16.5. The van der Waals surface area contributed by atoms with Crippen LogP contribution >= 0.6 is 0 Å². The number of aryl methyl sites for hydroxylation is 2. The molecule has 0 saturated heterocycles. The fraction of sp³-hybridized carbons (Fsp3) is 0.333. The number of nitrogens with zero attached hydrogens (tertiary/aromatic N) is 2. The fourth-order valence-corrected chi connectivity index (χ4v) is 1.81. The minimum Gasteiger partial charge on any atom is -0.439 e. The van der Waals surface area contributed by atoms with Crippen LogP contribution in [0.15, 0.2) is 24.3 Å². The lowest BCUT2D eigenvalue weighted by molar-refractivity contribution is 0.456. The third-order valence-electron chi connectivity index (χ3n) is 2.93. The van der Waals surface area contributed by atoms with E-state index in [1.54, 1.807) is 13.0 Å². The van der Waals surface area contributed by atoms with Crippen molar-refractivity contribution >= 4 is 5.82 Å². The molecule has 19 heavy (non-hydrogen) atoms. The normalized spacial score (nSPS) is 10.8. The van der Waals surface area contributed by atoms with Crippen molar-refractivity contribution in [2.24, 2.45) is 0 Å². The molecule has 0 aliphatic heterocycles. The van der Waals surface area contributed by atoms with E-state index in [4.69, 9.17) is 10.5 Å². The number of hydrogen-bond acceptors (Lipinski definition) is 4. The molecule has 100 valence electrons. The second-order valence-corrected chi connectivity index (χ2v) is 4.96. The molecule has 1 aromatic carbocycles. The highest BCUT2D eigenvalue weighted by Crippen LogP contribution is 2.28. The first kappa shape index (κ1) is 13.3. The summed E-state index contributed by atoms with van der Waals surface area (Å²) in [6.45, 7) is 8.11. The van der Waals surface area contributed by atoms with Crippen molar-refractivity contribution in [3.8, 4) is 11.6 Å². The van der Waals surface area contributed by atoms with Crippen molar-refractivity contribution in [1.29, 1.82) is 0 Å². The first-order valence-corrected chi connectivity index (χ1v) is 6.35. The van der Waals surface area contributed by atoms with E-state index in [1.807, 2.05) is 13.0 Å². The lowest BCUT2D eigenvalue weighted by Gasteiger charge is -2.12. The molecule has 2 rings (SSSR count). The SMILES string of the molecule is Cc1nc(N)cc(Oc2cc(C(C)C)ccc2C)n1. The van der Waals surface area contributed by atoms with Crippen LogP contribution in [0.3, 0.4) is 0 Å². The number of nitrogens with two attached hydrogens (primary N) is 1. The average Bonchev–Trinajstić information content (AvgIpc) is 2.30. The highest BCUT2D eigenvalue weighted by Gasteiger charge is 2.08. The molecule has 4 heteroatoms. The summed E-state index contributed by atoms with van der Waals surface area (Å²) < 4.78 is 5.83. The Kier molecular flexibility index (Phi) is 3.69. The van der Waals surface area contributed by atoms with Gasteiger partial charge in [-0.3, -0.25) is 0 Å². The molecule has 1 aromatic heterocycles. The van der Waals surface area contributed by atoms with Crippen molar-refractivity contribution in [2.45, 2.75) is 33.6 Å². The van der Waals surface area contributed by atoms with Gasteiger partial charge >= 0.3 is 0 Å². The first-order chi connectivity index (χ1) is 8.95. The molecular weight excluding hydrogens is 238 g/mol. The second-order valence-electron chi connectivity index (χ2n) is 4.96. The van der Waals surface area contributed by atoms with Crippen molar-refractivity contribution in [3.63, 3.8) is 0 Å². The lowest BCUT2D eigenvalue weighted by atomic mass is 10.0. The third-order valence-corrected chi connectivity index (χ3v) is 2.93. The van der Waals surface area contributed by atoms with Crippen molar-refractivity contribution < 1.29 is 4.74 Å². The number of nitrogen functional groups attached to an aromatic ring is 1. The summed E-state index contributed by atoms with van der Waals surface area (Å²) in [5.74, 6) is 2.77. The van der Waals surface area contributed by atoms with E-state index in [0.29, 0.717) is 23.4 Å². The van der Waals surface area contributed by atoms with Gasteiger partial charge in [0.15, 0.2) is 0 Å². The van der Waals surface area contributed by atoms with E-state index in [-0.39, 0.29) is 0 Å². The van der Waals surface area contributed by atoms with Crippen LogP contribution in [-0.4, -0.2) is 9.97 Å².